The predicted octanol–water partition coefficient (Wildman–Crippen LogP) is 5.88. The van der Waals surface area contributed by atoms with Gasteiger partial charge in [-0.15, -0.1) is 0 Å². The van der Waals surface area contributed by atoms with Crippen molar-refractivity contribution in [1.82, 2.24) is 0 Å². The molecule has 0 radical (unpaired) electrons. The van der Waals surface area contributed by atoms with E-state index < -0.39 is 0 Å². The van der Waals surface area contributed by atoms with E-state index >= 15 is 0 Å². The number of hydrogen-bond acceptors (Lipinski definition) is 5. The lowest BCUT2D eigenvalue weighted by atomic mass is 9.77. The number of nitro groups is 1. The lowest BCUT2D eigenvalue weighted by molar-refractivity contribution is -0.384. The number of nitrogens with one attached hydrogen (secondary N) is 1. The Kier molecular flexibility index (Phi) is 5.50. The van der Waals surface area contributed by atoms with Gasteiger partial charge in [0, 0.05) is 18.1 Å². The summed E-state index contributed by atoms with van der Waals surface area (Å²) in [6, 6.07) is 22.7. The number of ether oxygens (including phenoxy) is 2. The van der Waals surface area contributed by atoms with Crippen LogP contribution in [0.25, 0.3) is 0 Å². The first-order chi connectivity index (χ1) is 15.7. The van der Waals surface area contributed by atoms with Crippen LogP contribution < -0.4 is 14.8 Å². The van der Waals surface area contributed by atoms with Crippen molar-refractivity contribution in [2.45, 2.75) is 18.4 Å². The van der Waals surface area contributed by atoms with Gasteiger partial charge >= 0.3 is 0 Å². The van der Waals surface area contributed by atoms with E-state index in [1.807, 2.05) is 48.5 Å². The first-order valence-corrected chi connectivity index (χ1v) is 10.8. The number of non-ortho nitro benzene ring substituents is 1. The van der Waals surface area contributed by atoms with Crippen molar-refractivity contribution in [3.63, 3.8) is 0 Å². The summed E-state index contributed by atoms with van der Waals surface area (Å²) < 4.78 is 11.8. The van der Waals surface area contributed by atoms with Crippen LogP contribution in [-0.4, -0.2) is 18.1 Å². The summed E-state index contributed by atoms with van der Waals surface area (Å²) in [5.74, 6) is 2.14. The van der Waals surface area contributed by atoms with Crippen molar-refractivity contribution in [3.05, 3.63) is 106 Å². The van der Waals surface area contributed by atoms with Gasteiger partial charge in [0.25, 0.3) is 5.69 Å². The molecule has 6 nitrogen and oxygen atoms in total. The molecule has 0 saturated heterocycles. The largest absolute Gasteiger partial charge is 0.490 e. The van der Waals surface area contributed by atoms with Crippen molar-refractivity contribution in [2.24, 2.45) is 5.92 Å². The number of nitrogens with zero attached hydrogens (tertiary/aromatic N) is 1. The minimum Gasteiger partial charge on any atom is -0.490 e. The van der Waals surface area contributed by atoms with Crippen LogP contribution in [0.3, 0.4) is 0 Å². The topological polar surface area (TPSA) is 73.6 Å². The molecule has 0 fully saturated rings. The molecular formula is C26H24N2O4. The van der Waals surface area contributed by atoms with E-state index in [1.165, 1.54) is 11.6 Å². The molecule has 3 aromatic rings. The van der Waals surface area contributed by atoms with Gasteiger partial charge in [0.15, 0.2) is 0 Å². The summed E-state index contributed by atoms with van der Waals surface area (Å²) in [6.07, 6.45) is 5.38. The van der Waals surface area contributed by atoms with Gasteiger partial charge < -0.3 is 14.8 Å². The number of allylic oxidation sites excluding steroid dienone is 2. The number of rotatable bonds is 7. The van der Waals surface area contributed by atoms with E-state index in [9.17, 15) is 10.1 Å². The highest BCUT2D eigenvalue weighted by molar-refractivity contribution is 5.67. The summed E-state index contributed by atoms with van der Waals surface area (Å²) in [5, 5.41) is 15.0. The molecule has 3 atom stereocenters. The van der Waals surface area contributed by atoms with E-state index in [-0.39, 0.29) is 22.6 Å². The number of hydrogen-bond donors (Lipinski definition) is 1. The monoisotopic (exact) mass is 428 g/mol. The third kappa shape index (κ3) is 3.91. The highest BCUT2D eigenvalue weighted by atomic mass is 16.6. The predicted molar refractivity (Wildman–Crippen MR) is 123 cm³/mol. The molecule has 1 aliphatic heterocycles. The number of benzene rings is 3. The maximum Gasteiger partial charge on any atom is 0.269 e. The lowest BCUT2D eigenvalue weighted by Gasteiger charge is -2.38. The second-order valence-electron chi connectivity index (χ2n) is 8.06. The van der Waals surface area contributed by atoms with Gasteiger partial charge in [-0.25, -0.2) is 0 Å². The Bertz CT molecular complexity index is 1150. The Labute approximate surface area is 186 Å². The zero-order valence-corrected chi connectivity index (χ0v) is 17.5. The smallest absolute Gasteiger partial charge is 0.269 e. The second-order valence-corrected chi connectivity index (χ2v) is 8.06. The van der Waals surface area contributed by atoms with Gasteiger partial charge in [0.05, 0.1) is 16.7 Å². The number of anilines is 1. The average molecular weight is 428 g/mol. The van der Waals surface area contributed by atoms with Crippen LogP contribution in [0.2, 0.25) is 0 Å². The number of nitro benzene ring substituents is 1. The van der Waals surface area contributed by atoms with Crippen LogP contribution in [0, 0.1) is 16.0 Å². The molecule has 3 unspecified atom stereocenters. The van der Waals surface area contributed by atoms with Gasteiger partial charge in [-0.1, -0.05) is 54.6 Å². The Hall–Kier alpha value is -3.80. The maximum atomic E-state index is 11.3. The molecule has 0 saturated carbocycles. The minimum atomic E-state index is -0.341. The van der Waals surface area contributed by atoms with Crippen LogP contribution in [0.15, 0.2) is 84.9 Å². The molecule has 0 amide bonds. The number of fused-ring (bicyclic) bond motifs is 3. The second kappa shape index (κ2) is 8.75. The van der Waals surface area contributed by atoms with Gasteiger partial charge in [0.1, 0.15) is 24.7 Å². The van der Waals surface area contributed by atoms with E-state index in [1.54, 1.807) is 12.1 Å². The van der Waals surface area contributed by atoms with Crippen molar-refractivity contribution in [1.29, 1.82) is 0 Å². The standard InChI is InChI=1S/C26H24N2O4/c29-28(30)19-8-4-7-18(17-19)25-22-12-5-11-21(22)23-13-6-14-24(26(23)27-25)32-16-15-31-20-9-2-1-3-10-20/h1-11,13-14,17,21-22,25,27H,12,15-16H2. The van der Waals surface area contributed by atoms with Crippen LogP contribution in [0.5, 0.6) is 11.5 Å². The fourth-order valence-corrected chi connectivity index (χ4v) is 4.70. The summed E-state index contributed by atoms with van der Waals surface area (Å²) in [4.78, 5) is 11.0. The van der Waals surface area contributed by atoms with Crippen molar-refractivity contribution < 1.29 is 14.4 Å². The third-order valence-corrected chi connectivity index (χ3v) is 6.15. The normalized spacial score (nSPS) is 20.7. The maximum absolute atomic E-state index is 11.3. The van der Waals surface area contributed by atoms with Gasteiger partial charge in [-0.3, -0.25) is 10.1 Å². The quantitative estimate of drug-likeness (QED) is 0.220. The molecule has 2 aliphatic rings. The molecule has 32 heavy (non-hydrogen) atoms. The first-order valence-electron chi connectivity index (χ1n) is 10.8. The zero-order valence-electron chi connectivity index (χ0n) is 17.5. The van der Waals surface area contributed by atoms with Crippen LogP contribution in [0.4, 0.5) is 11.4 Å². The minimum absolute atomic E-state index is 0.0345. The summed E-state index contributed by atoms with van der Waals surface area (Å²) in [5.41, 5.74) is 3.19. The van der Waals surface area contributed by atoms with E-state index in [0.717, 1.165) is 29.2 Å². The fraction of sp³-hybridized carbons (Fsp3) is 0.231. The summed E-state index contributed by atoms with van der Waals surface area (Å²) in [7, 11) is 0. The fourth-order valence-electron chi connectivity index (χ4n) is 4.70. The van der Waals surface area contributed by atoms with Crippen LogP contribution in [0.1, 0.15) is 29.5 Å². The molecule has 162 valence electrons. The molecule has 5 rings (SSSR count). The molecule has 3 aromatic carbocycles. The van der Waals surface area contributed by atoms with E-state index in [0.29, 0.717) is 19.1 Å². The lowest BCUT2D eigenvalue weighted by Crippen LogP contribution is -2.29. The highest BCUT2D eigenvalue weighted by Crippen LogP contribution is 2.52. The average Bonchev–Trinajstić information content (AvgIpc) is 3.32. The first kappa shape index (κ1) is 20.1. The summed E-state index contributed by atoms with van der Waals surface area (Å²) >= 11 is 0. The van der Waals surface area contributed by atoms with Gasteiger partial charge in [-0.2, -0.15) is 0 Å². The summed E-state index contributed by atoms with van der Waals surface area (Å²) in [6.45, 7) is 0.854. The highest BCUT2D eigenvalue weighted by Gasteiger charge is 2.39. The van der Waals surface area contributed by atoms with Crippen molar-refractivity contribution in [3.8, 4) is 11.5 Å². The third-order valence-electron chi connectivity index (χ3n) is 6.15. The Morgan fingerprint density at radius 1 is 0.969 bits per heavy atom. The Balaban J connectivity index is 1.38. The Morgan fingerprint density at radius 3 is 2.62 bits per heavy atom. The Morgan fingerprint density at radius 2 is 1.78 bits per heavy atom. The van der Waals surface area contributed by atoms with Crippen molar-refractivity contribution in [2.75, 3.05) is 18.5 Å². The van der Waals surface area contributed by atoms with Crippen LogP contribution in [-0.2, 0) is 0 Å². The SMILES string of the molecule is O=[N+]([O-])c1cccc(C2Nc3c(OCCOc4ccccc4)cccc3C3C=CCC32)c1. The molecule has 0 spiro atoms. The van der Waals surface area contributed by atoms with Crippen LogP contribution >= 0.6 is 0 Å². The number of para-hydroxylation sites is 2. The molecule has 1 aliphatic carbocycles. The molecular weight excluding hydrogens is 404 g/mol. The van der Waals surface area contributed by atoms with Crippen molar-refractivity contribution >= 4 is 11.4 Å². The van der Waals surface area contributed by atoms with E-state index in [4.69, 9.17) is 9.47 Å². The molecule has 6 heteroatoms. The molecule has 1 N–H and O–H groups in total. The molecule has 1 heterocycles. The zero-order chi connectivity index (χ0) is 21.9. The van der Waals surface area contributed by atoms with Gasteiger partial charge in [0.2, 0.25) is 0 Å². The molecule has 0 aromatic heterocycles. The molecule has 0 bridgehead atoms. The van der Waals surface area contributed by atoms with E-state index in [2.05, 4.69) is 23.5 Å². The van der Waals surface area contributed by atoms with Gasteiger partial charge in [-0.05, 0) is 41.7 Å².